The second-order valence-corrected chi connectivity index (χ2v) is 10.1. The highest BCUT2D eigenvalue weighted by atomic mass is 16.2. The van der Waals surface area contributed by atoms with Crippen molar-refractivity contribution in [3.05, 3.63) is 71.4 Å². The van der Waals surface area contributed by atoms with Crippen LogP contribution >= 0.6 is 0 Å². The summed E-state index contributed by atoms with van der Waals surface area (Å²) in [5, 5.41) is 1.34. The number of hydrogen-bond donors (Lipinski definition) is 1. The number of rotatable bonds is 4. The maximum atomic E-state index is 13.7. The quantitative estimate of drug-likeness (QED) is 0.660. The van der Waals surface area contributed by atoms with Crippen LogP contribution < -0.4 is 0 Å². The molecule has 2 fully saturated rings. The summed E-state index contributed by atoms with van der Waals surface area (Å²) in [6, 6.07) is 19.4. The Hall–Kier alpha value is -2.63. The van der Waals surface area contributed by atoms with Crippen LogP contribution in [0.15, 0.2) is 54.6 Å². The van der Waals surface area contributed by atoms with Crippen LogP contribution in [0.2, 0.25) is 0 Å². The molecule has 0 bridgehead atoms. The predicted molar refractivity (Wildman–Crippen MR) is 132 cm³/mol. The highest BCUT2D eigenvalue weighted by molar-refractivity contribution is 5.87. The number of fused-ring (bicyclic) bond motifs is 4. The van der Waals surface area contributed by atoms with Gasteiger partial charge in [-0.15, -0.1) is 0 Å². The summed E-state index contributed by atoms with van der Waals surface area (Å²) in [7, 11) is 0. The van der Waals surface area contributed by atoms with Crippen molar-refractivity contribution in [2.75, 3.05) is 39.3 Å². The number of aromatic amines is 1. The molecule has 0 saturated carbocycles. The van der Waals surface area contributed by atoms with Crippen molar-refractivity contribution in [3.8, 4) is 0 Å². The Kier molecular flexibility index (Phi) is 5.47. The molecule has 2 aromatic carbocycles. The number of aromatic nitrogens is 1. The lowest BCUT2D eigenvalue weighted by Gasteiger charge is -2.51. The van der Waals surface area contributed by atoms with E-state index in [2.05, 4.69) is 74.3 Å². The molecule has 5 heteroatoms. The van der Waals surface area contributed by atoms with Gasteiger partial charge >= 0.3 is 0 Å². The zero-order valence-electron chi connectivity index (χ0n) is 19.4. The number of amides is 1. The standard InChI is InChI=1S/C28H34N4O/c33-26(21-30-15-6-7-16-30)32-17-12-24-23-10-4-5-11-25(23)29-27(24)28(32)13-18-31(19-14-28)20-22-8-2-1-3-9-22/h1-5,8-11,29H,6-7,12-21H2. The Morgan fingerprint density at radius 2 is 1.58 bits per heavy atom. The van der Waals surface area contributed by atoms with Crippen LogP contribution in [0.25, 0.3) is 10.9 Å². The Morgan fingerprint density at radius 3 is 2.36 bits per heavy atom. The van der Waals surface area contributed by atoms with Gasteiger partial charge in [-0.2, -0.15) is 0 Å². The van der Waals surface area contributed by atoms with Gasteiger partial charge in [-0.1, -0.05) is 48.5 Å². The number of carbonyl (C=O) groups excluding carboxylic acids is 1. The van der Waals surface area contributed by atoms with Crippen molar-refractivity contribution in [1.29, 1.82) is 0 Å². The number of nitrogens with one attached hydrogen (secondary N) is 1. The van der Waals surface area contributed by atoms with Gasteiger partial charge in [-0.05, 0) is 62.4 Å². The zero-order valence-corrected chi connectivity index (χ0v) is 19.4. The summed E-state index contributed by atoms with van der Waals surface area (Å²) >= 11 is 0. The molecule has 3 aromatic rings. The van der Waals surface area contributed by atoms with Crippen LogP contribution in [0, 0.1) is 0 Å². The number of nitrogens with zero attached hydrogens (tertiary/aromatic N) is 3. The van der Waals surface area contributed by atoms with E-state index in [9.17, 15) is 4.79 Å². The fourth-order valence-electron chi connectivity index (χ4n) is 6.45. The van der Waals surface area contributed by atoms with Gasteiger partial charge in [-0.3, -0.25) is 14.6 Å². The number of H-pyrrole nitrogens is 1. The number of likely N-dealkylation sites (tertiary alicyclic amines) is 2. The molecule has 0 atom stereocenters. The zero-order chi connectivity index (χ0) is 22.3. The summed E-state index contributed by atoms with van der Waals surface area (Å²) in [6.07, 6.45) is 5.37. The molecule has 6 rings (SSSR count). The van der Waals surface area contributed by atoms with E-state index in [-0.39, 0.29) is 5.54 Å². The average Bonchev–Trinajstić information content (AvgIpc) is 3.50. The molecule has 1 spiro atoms. The van der Waals surface area contributed by atoms with Gasteiger partial charge in [0.1, 0.15) is 0 Å². The maximum absolute atomic E-state index is 13.7. The highest BCUT2D eigenvalue weighted by Gasteiger charge is 2.48. The molecule has 1 aromatic heterocycles. The first-order valence-corrected chi connectivity index (χ1v) is 12.6. The van der Waals surface area contributed by atoms with Crippen LogP contribution in [-0.2, 0) is 23.3 Å². The van der Waals surface area contributed by atoms with Crippen molar-refractivity contribution in [2.45, 2.75) is 44.2 Å². The lowest BCUT2D eigenvalue weighted by atomic mass is 9.77. The largest absolute Gasteiger partial charge is 0.356 e. The summed E-state index contributed by atoms with van der Waals surface area (Å²) < 4.78 is 0. The lowest BCUT2D eigenvalue weighted by molar-refractivity contribution is -0.143. The minimum Gasteiger partial charge on any atom is -0.356 e. The number of hydrogen-bond acceptors (Lipinski definition) is 3. The fourth-order valence-corrected chi connectivity index (χ4v) is 6.45. The van der Waals surface area contributed by atoms with Gasteiger partial charge < -0.3 is 9.88 Å². The van der Waals surface area contributed by atoms with E-state index >= 15 is 0 Å². The third-order valence-corrected chi connectivity index (χ3v) is 8.17. The number of piperidine rings is 1. The molecule has 1 amide bonds. The molecule has 4 heterocycles. The van der Waals surface area contributed by atoms with Gasteiger partial charge in [0, 0.05) is 42.8 Å². The van der Waals surface area contributed by atoms with Crippen molar-refractivity contribution >= 4 is 16.8 Å². The molecule has 3 aliphatic rings. The molecule has 2 saturated heterocycles. The van der Waals surface area contributed by atoms with Crippen molar-refractivity contribution in [1.82, 2.24) is 19.7 Å². The molecular weight excluding hydrogens is 408 g/mol. The van der Waals surface area contributed by atoms with Crippen molar-refractivity contribution in [2.24, 2.45) is 0 Å². The molecule has 0 unspecified atom stereocenters. The molecule has 1 N–H and O–H groups in total. The molecule has 33 heavy (non-hydrogen) atoms. The van der Waals surface area contributed by atoms with Gasteiger partial charge in [-0.25, -0.2) is 0 Å². The Morgan fingerprint density at radius 1 is 0.848 bits per heavy atom. The SMILES string of the molecule is O=C(CN1CCCC1)N1CCc2c([nH]c3ccccc23)C12CCN(Cc1ccccc1)CC2. The van der Waals surface area contributed by atoms with Gasteiger partial charge in [0.15, 0.2) is 0 Å². The Labute approximate surface area is 196 Å². The first-order valence-electron chi connectivity index (χ1n) is 12.6. The molecule has 3 aliphatic heterocycles. The van der Waals surface area contributed by atoms with Gasteiger partial charge in [0.05, 0.1) is 12.1 Å². The van der Waals surface area contributed by atoms with Crippen LogP contribution in [0.4, 0.5) is 0 Å². The highest BCUT2D eigenvalue weighted by Crippen LogP contribution is 2.45. The number of carbonyl (C=O) groups is 1. The normalized spacial score (nSPS) is 21.0. The molecule has 0 radical (unpaired) electrons. The summed E-state index contributed by atoms with van der Waals surface area (Å²) in [4.78, 5) is 24.6. The topological polar surface area (TPSA) is 42.6 Å². The van der Waals surface area contributed by atoms with Crippen LogP contribution in [0.1, 0.15) is 42.5 Å². The van der Waals surface area contributed by atoms with E-state index in [0.717, 1.165) is 58.5 Å². The first-order chi connectivity index (χ1) is 16.2. The molecule has 5 nitrogen and oxygen atoms in total. The minimum absolute atomic E-state index is 0.212. The smallest absolute Gasteiger partial charge is 0.237 e. The number of benzene rings is 2. The monoisotopic (exact) mass is 442 g/mol. The second kappa shape index (κ2) is 8.62. The maximum Gasteiger partial charge on any atom is 0.237 e. The number of para-hydroxylation sites is 1. The van der Waals surface area contributed by atoms with E-state index in [1.807, 2.05) is 0 Å². The van der Waals surface area contributed by atoms with Gasteiger partial charge in [0.25, 0.3) is 0 Å². The second-order valence-electron chi connectivity index (χ2n) is 10.1. The third kappa shape index (κ3) is 3.77. The Bertz CT molecular complexity index is 1120. The van der Waals surface area contributed by atoms with E-state index in [0.29, 0.717) is 12.5 Å². The summed E-state index contributed by atoms with van der Waals surface area (Å²) in [5.41, 5.74) is 5.11. The fraction of sp³-hybridized carbons (Fsp3) is 0.464. The summed E-state index contributed by atoms with van der Waals surface area (Å²) in [6.45, 7) is 6.54. The minimum atomic E-state index is -0.212. The van der Waals surface area contributed by atoms with E-state index in [1.54, 1.807) is 0 Å². The Balaban J connectivity index is 1.31. The van der Waals surface area contributed by atoms with E-state index in [4.69, 9.17) is 0 Å². The van der Waals surface area contributed by atoms with Gasteiger partial charge in [0.2, 0.25) is 5.91 Å². The average molecular weight is 443 g/mol. The van der Waals surface area contributed by atoms with Crippen LogP contribution in [0.3, 0.4) is 0 Å². The lowest BCUT2D eigenvalue weighted by Crippen LogP contribution is -2.59. The third-order valence-electron chi connectivity index (χ3n) is 8.17. The predicted octanol–water partition coefficient (Wildman–Crippen LogP) is 4.14. The van der Waals surface area contributed by atoms with Crippen molar-refractivity contribution in [3.63, 3.8) is 0 Å². The molecule has 0 aliphatic carbocycles. The molecular formula is C28H34N4O. The van der Waals surface area contributed by atoms with Crippen LogP contribution in [0.5, 0.6) is 0 Å². The molecule has 172 valence electrons. The summed E-state index contributed by atoms with van der Waals surface area (Å²) in [5.74, 6) is 0.317. The van der Waals surface area contributed by atoms with Crippen molar-refractivity contribution < 1.29 is 4.79 Å². The van der Waals surface area contributed by atoms with Crippen LogP contribution in [-0.4, -0.2) is 64.9 Å². The first kappa shape index (κ1) is 20.9. The van der Waals surface area contributed by atoms with E-state index in [1.165, 1.54) is 40.6 Å². The van der Waals surface area contributed by atoms with E-state index < -0.39 is 0 Å².